The van der Waals surface area contributed by atoms with Crippen LogP contribution in [-0.2, 0) is 0 Å². The quantitative estimate of drug-likeness (QED) is 0.589. The molecule has 1 heterocycles. The largest absolute Gasteiger partial charge is 0.397 e. The summed E-state index contributed by atoms with van der Waals surface area (Å²) in [5.74, 6) is -0.344. The Balaban J connectivity index is 2.30. The van der Waals surface area contributed by atoms with Crippen molar-refractivity contribution in [3.8, 4) is 0 Å². The predicted molar refractivity (Wildman–Crippen MR) is 87.2 cm³/mol. The average molecular weight is 309 g/mol. The molecule has 0 aliphatic heterocycles. The minimum atomic E-state index is -0.243. The van der Waals surface area contributed by atoms with Crippen molar-refractivity contribution in [2.75, 3.05) is 18.1 Å². The fourth-order valence-electron chi connectivity index (χ4n) is 2.77. The third kappa shape index (κ3) is 3.56. The molecule has 1 amide bonds. The summed E-state index contributed by atoms with van der Waals surface area (Å²) in [6.45, 7) is 1.48. The number of carbonyl (C=O) groups is 2. The summed E-state index contributed by atoms with van der Waals surface area (Å²) in [5, 5.41) is 6.77. The van der Waals surface area contributed by atoms with Crippen LogP contribution in [0.25, 0.3) is 0 Å². The second-order valence-corrected chi connectivity index (χ2v) is 6.54. The normalized spacial score (nSPS) is 16.3. The Morgan fingerprint density at radius 1 is 1.19 bits per heavy atom. The maximum absolute atomic E-state index is 12.1. The Hall–Kier alpha value is -1.56. The van der Waals surface area contributed by atoms with E-state index < -0.39 is 0 Å². The summed E-state index contributed by atoms with van der Waals surface area (Å²) in [4.78, 5) is 24.2. The number of hydrogen-bond donors (Lipinski definition) is 3. The Kier molecular flexibility index (Phi) is 5.22. The van der Waals surface area contributed by atoms with Crippen LogP contribution in [-0.4, -0.2) is 24.8 Å². The van der Waals surface area contributed by atoms with Gasteiger partial charge in [-0.2, -0.15) is 0 Å². The topological polar surface area (TPSA) is 84.2 Å². The van der Waals surface area contributed by atoms with Gasteiger partial charge in [-0.15, -0.1) is 11.3 Å². The number of amides is 1. The summed E-state index contributed by atoms with van der Waals surface area (Å²) in [5.41, 5.74) is 6.71. The van der Waals surface area contributed by atoms with Crippen molar-refractivity contribution in [2.24, 2.45) is 0 Å². The van der Waals surface area contributed by atoms with Crippen molar-refractivity contribution in [3.05, 3.63) is 10.4 Å². The van der Waals surface area contributed by atoms with E-state index in [-0.39, 0.29) is 11.7 Å². The van der Waals surface area contributed by atoms with Crippen molar-refractivity contribution < 1.29 is 9.59 Å². The molecule has 0 aromatic carbocycles. The number of nitrogens with two attached hydrogens (primary N) is 1. The minimum Gasteiger partial charge on any atom is -0.397 e. The number of anilines is 2. The zero-order valence-corrected chi connectivity index (χ0v) is 13.4. The van der Waals surface area contributed by atoms with Crippen LogP contribution in [0.2, 0.25) is 0 Å². The van der Waals surface area contributed by atoms with Crippen LogP contribution in [0.1, 0.15) is 65.5 Å². The SMILES string of the molecule is CNC(=O)c1c(NC2CCCCCC2)sc(C(C)=O)c1N. The van der Waals surface area contributed by atoms with Gasteiger partial charge in [0.05, 0.1) is 16.1 Å². The lowest BCUT2D eigenvalue weighted by molar-refractivity contribution is 0.0965. The number of carbonyl (C=O) groups excluding carboxylic acids is 2. The molecule has 4 N–H and O–H groups in total. The highest BCUT2D eigenvalue weighted by Gasteiger charge is 2.25. The molecule has 0 bridgehead atoms. The van der Waals surface area contributed by atoms with E-state index in [1.807, 2.05) is 0 Å². The highest BCUT2D eigenvalue weighted by atomic mass is 32.1. The minimum absolute atomic E-state index is 0.100. The smallest absolute Gasteiger partial charge is 0.256 e. The molecular weight excluding hydrogens is 286 g/mol. The number of ketones is 1. The number of hydrogen-bond acceptors (Lipinski definition) is 5. The molecule has 0 atom stereocenters. The molecule has 1 aliphatic carbocycles. The molecule has 1 saturated carbocycles. The van der Waals surface area contributed by atoms with Crippen LogP contribution in [0.5, 0.6) is 0 Å². The summed E-state index contributed by atoms with van der Waals surface area (Å²) in [7, 11) is 1.57. The van der Waals surface area contributed by atoms with Gasteiger partial charge >= 0.3 is 0 Å². The van der Waals surface area contributed by atoms with Gasteiger partial charge in [0.25, 0.3) is 5.91 Å². The highest BCUT2D eigenvalue weighted by molar-refractivity contribution is 7.19. The lowest BCUT2D eigenvalue weighted by atomic mass is 10.1. The van der Waals surface area contributed by atoms with Crippen molar-refractivity contribution in [3.63, 3.8) is 0 Å². The molecule has 1 aromatic rings. The molecule has 1 aromatic heterocycles. The zero-order valence-electron chi connectivity index (χ0n) is 12.6. The van der Waals surface area contributed by atoms with E-state index in [1.54, 1.807) is 7.05 Å². The molecule has 21 heavy (non-hydrogen) atoms. The van der Waals surface area contributed by atoms with Crippen LogP contribution in [0.4, 0.5) is 10.7 Å². The van der Waals surface area contributed by atoms with E-state index in [1.165, 1.54) is 43.9 Å². The van der Waals surface area contributed by atoms with Gasteiger partial charge in [0.2, 0.25) is 0 Å². The summed E-state index contributed by atoms with van der Waals surface area (Å²) >= 11 is 1.29. The molecule has 0 unspecified atom stereocenters. The fourth-order valence-corrected chi connectivity index (χ4v) is 3.86. The van der Waals surface area contributed by atoms with E-state index in [9.17, 15) is 9.59 Å². The lowest BCUT2D eigenvalue weighted by Crippen LogP contribution is -2.23. The van der Waals surface area contributed by atoms with Gasteiger partial charge in [0.15, 0.2) is 5.78 Å². The molecule has 0 spiro atoms. The van der Waals surface area contributed by atoms with E-state index in [4.69, 9.17) is 5.73 Å². The van der Waals surface area contributed by atoms with Crippen LogP contribution < -0.4 is 16.4 Å². The van der Waals surface area contributed by atoms with Gasteiger partial charge < -0.3 is 16.4 Å². The Morgan fingerprint density at radius 2 is 1.81 bits per heavy atom. The number of thiophene rings is 1. The molecule has 2 rings (SSSR count). The van der Waals surface area contributed by atoms with E-state index in [0.29, 0.717) is 22.2 Å². The standard InChI is InChI=1S/C15H23N3O2S/c1-9(19)13-12(16)11(14(20)17-2)15(21-13)18-10-7-5-3-4-6-8-10/h10,18H,3-8,16H2,1-2H3,(H,17,20). The summed E-state index contributed by atoms with van der Waals surface area (Å²) in [6.07, 6.45) is 7.14. The molecule has 0 saturated heterocycles. The zero-order chi connectivity index (χ0) is 15.4. The van der Waals surface area contributed by atoms with Crippen LogP contribution in [0.3, 0.4) is 0 Å². The predicted octanol–water partition coefficient (Wildman–Crippen LogP) is 3.03. The molecule has 5 nitrogen and oxygen atoms in total. The number of rotatable bonds is 4. The maximum Gasteiger partial charge on any atom is 0.256 e. The number of nitrogens with one attached hydrogen (secondary N) is 2. The first-order valence-corrected chi connectivity index (χ1v) is 8.28. The summed E-state index contributed by atoms with van der Waals surface area (Å²) in [6, 6.07) is 0.355. The van der Waals surface area contributed by atoms with E-state index in [2.05, 4.69) is 10.6 Å². The first-order chi connectivity index (χ1) is 10.0. The molecule has 0 radical (unpaired) electrons. The van der Waals surface area contributed by atoms with Crippen LogP contribution >= 0.6 is 11.3 Å². The number of nitrogen functional groups attached to an aromatic ring is 1. The molecule has 1 aliphatic rings. The average Bonchev–Trinajstić information content (AvgIpc) is 2.64. The van der Waals surface area contributed by atoms with Gasteiger partial charge in [-0.1, -0.05) is 25.7 Å². The molecule has 116 valence electrons. The molecular formula is C15H23N3O2S. The van der Waals surface area contributed by atoms with Gasteiger partial charge in [-0.25, -0.2) is 0 Å². The monoisotopic (exact) mass is 309 g/mol. The number of Topliss-reactive ketones (excluding diaryl/α,β-unsaturated/α-hetero) is 1. The Bertz CT molecular complexity index is 531. The van der Waals surface area contributed by atoms with Crippen molar-refractivity contribution >= 4 is 33.7 Å². The van der Waals surface area contributed by atoms with E-state index >= 15 is 0 Å². The second kappa shape index (κ2) is 6.93. The maximum atomic E-state index is 12.1. The lowest BCUT2D eigenvalue weighted by Gasteiger charge is -2.17. The second-order valence-electron chi connectivity index (χ2n) is 5.52. The third-order valence-electron chi connectivity index (χ3n) is 3.91. The van der Waals surface area contributed by atoms with Crippen molar-refractivity contribution in [2.45, 2.75) is 51.5 Å². The van der Waals surface area contributed by atoms with Crippen LogP contribution in [0, 0.1) is 0 Å². The summed E-state index contributed by atoms with van der Waals surface area (Å²) < 4.78 is 0. The van der Waals surface area contributed by atoms with Crippen molar-refractivity contribution in [1.82, 2.24) is 5.32 Å². The van der Waals surface area contributed by atoms with Gasteiger partial charge in [0.1, 0.15) is 5.00 Å². The van der Waals surface area contributed by atoms with Crippen LogP contribution in [0.15, 0.2) is 0 Å². The molecule has 1 fully saturated rings. The van der Waals surface area contributed by atoms with Gasteiger partial charge in [-0.3, -0.25) is 9.59 Å². The first kappa shape index (κ1) is 15.8. The fraction of sp³-hybridized carbons (Fsp3) is 0.600. The van der Waals surface area contributed by atoms with Gasteiger partial charge in [-0.05, 0) is 12.8 Å². The Morgan fingerprint density at radius 3 is 2.33 bits per heavy atom. The van der Waals surface area contributed by atoms with Gasteiger partial charge in [0, 0.05) is 20.0 Å². The van der Waals surface area contributed by atoms with Crippen molar-refractivity contribution in [1.29, 1.82) is 0 Å². The first-order valence-electron chi connectivity index (χ1n) is 7.46. The third-order valence-corrected chi connectivity index (χ3v) is 5.15. The Labute approximate surface area is 129 Å². The van der Waals surface area contributed by atoms with E-state index in [0.717, 1.165) is 17.8 Å². The molecule has 6 heteroatoms. The highest BCUT2D eigenvalue weighted by Crippen LogP contribution is 2.37.